The Morgan fingerprint density at radius 3 is 2.67 bits per heavy atom. The normalized spacial score (nSPS) is 11.8. The molecule has 0 saturated heterocycles. The van der Waals surface area contributed by atoms with Crippen molar-refractivity contribution in [1.29, 1.82) is 0 Å². The van der Waals surface area contributed by atoms with Crippen LogP contribution in [0.15, 0.2) is 82.2 Å². The van der Waals surface area contributed by atoms with E-state index in [1.54, 1.807) is 36.5 Å². The second kappa shape index (κ2) is 7.56. The van der Waals surface area contributed by atoms with Crippen LogP contribution in [0.1, 0.15) is 5.56 Å². The van der Waals surface area contributed by atoms with E-state index in [2.05, 4.69) is 9.98 Å². The summed E-state index contributed by atoms with van der Waals surface area (Å²) in [6, 6.07) is 19.4. The quantitative estimate of drug-likeness (QED) is 0.371. The van der Waals surface area contributed by atoms with Crippen LogP contribution in [0.3, 0.4) is 0 Å². The molecule has 0 spiro atoms. The minimum absolute atomic E-state index is 0.253. The van der Waals surface area contributed by atoms with Crippen LogP contribution in [0.25, 0.3) is 28.6 Å². The van der Waals surface area contributed by atoms with Gasteiger partial charge < -0.3 is 4.42 Å². The Morgan fingerprint density at radius 1 is 1.00 bits per heavy atom. The summed E-state index contributed by atoms with van der Waals surface area (Å²) in [6.07, 6.45) is 5.39. The lowest BCUT2D eigenvalue weighted by Crippen LogP contribution is -1.82. The van der Waals surface area contributed by atoms with Gasteiger partial charge in [-0.2, -0.15) is 0 Å². The fourth-order valence-electron chi connectivity index (χ4n) is 2.63. The Labute approximate surface area is 160 Å². The molecule has 5 heteroatoms. The molecule has 0 amide bonds. The average Bonchev–Trinajstić information content (AvgIpc) is 3.10. The first-order valence-electron chi connectivity index (χ1n) is 8.31. The number of aliphatic imine (C=N–C) groups is 1. The van der Waals surface area contributed by atoms with Crippen molar-refractivity contribution in [3.05, 3.63) is 89.2 Å². The number of aromatic nitrogens is 1. The fraction of sp³-hybridized carbons (Fsp3) is 0. The second-order valence-corrected chi connectivity index (χ2v) is 6.22. The molecule has 0 aliphatic heterocycles. The van der Waals surface area contributed by atoms with Gasteiger partial charge in [-0.15, -0.1) is 0 Å². The number of rotatable bonds is 4. The van der Waals surface area contributed by atoms with Crippen molar-refractivity contribution >= 4 is 40.7 Å². The van der Waals surface area contributed by atoms with Crippen LogP contribution in [0.4, 0.5) is 10.1 Å². The predicted octanol–water partition coefficient (Wildman–Crippen LogP) is 6.70. The van der Waals surface area contributed by atoms with Crippen molar-refractivity contribution in [2.75, 3.05) is 0 Å². The minimum Gasteiger partial charge on any atom is -0.436 e. The number of hydrogen-bond acceptors (Lipinski definition) is 3. The third-order valence-electron chi connectivity index (χ3n) is 3.97. The van der Waals surface area contributed by atoms with Crippen molar-refractivity contribution < 1.29 is 8.81 Å². The molecule has 132 valence electrons. The highest BCUT2D eigenvalue weighted by molar-refractivity contribution is 6.32. The maximum atomic E-state index is 13.9. The van der Waals surface area contributed by atoms with E-state index in [4.69, 9.17) is 16.0 Å². The summed E-state index contributed by atoms with van der Waals surface area (Å²) >= 11 is 6.11. The van der Waals surface area contributed by atoms with Gasteiger partial charge in [0.05, 0.1) is 11.3 Å². The van der Waals surface area contributed by atoms with E-state index in [0.717, 1.165) is 11.3 Å². The zero-order valence-electron chi connectivity index (χ0n) is 14.1. The zero-order chi connectivity index (χ0) is 18.6. The summed E-state index contributed by atoms with van der Waals surface area (Å²) in [7, 11) is 0. The highest BCUT2D eigenvalue weighted by atomic mass is 35.5. The van der Waals surface area contributed by atoms with Gasteiger partial charge in [0, 0.05) is 11.2 Å². The zero-order valence-corrected chi connectivity index (χ0v) is 14.9. The summed E-state index contributed by atoms with van der Waals surface area (Å²) in [5.74, 6) is -0.116. The molecule has 4 rings (SSSR count). The third kappa shape index (κ3) is 3.81. The average molecular weight is 377 g/mol. The molecular weight excluding hydrogens is 363 g/mol. The van der Waals surface area contributed by atoms with Gasteiger partial charge in [-0.25, -0.2) is 9.37 Å². The van der Waals surface area contributed by atoms with E-state index in [9.17, 15) is 4.39 Å². The third-order valence-corrected chi connectivity index (χ3v) is 4.31. The molecule has 0 unspecified atom stereocenters. The van der Waals surface area contributed by atoms with Crippen LogP contribution >= 0.6 is 11.6 Å². The lowest BCUT2D eigenvalue weighted by molar-refractivity contribution is 0.593. The molecule has 0 bridgehead atoms. The molecule has 0 aliphatic carbocycles. The Morgan fingerprint density at radius 2 is 1.81 bits per heavy atom. The van der Waals surface area contributed by atoms with Gasteiger partial charge in [-0.1, -0.05) is 48.0 Å². The van der Waals surface area contributed by atoms with E-state index in [1.165, 1.54) is 6.07 Å². The first-order chi connectivity index (χ1) is 13.2. The first kappa shape index (κ1) is 17.2. The summed E-state index contributed by atoms with van der Waals surface area (Å²) in [5, 5.41) is 0.687. The molecule has 0 saturated carbocycles. The van der Waals surface area contributed by atoms with Gasteiger partial charge in [0.1, 0.15) is 11.3 Å². The topological polar surface area (TPSA) is 38.4 Å². The highest BCUT2D eigenvalue weighted by Crippen LogP contribution is 2.28. The summed E-state index contributed by atoms with van der Waals surface area (Å²) in [5.41, 5.74) is 3.19. The SMILES string of the molecule is Fc1ccccc1-c1nc2cc(N=CC=Cc3ccccc3Cl)ccc2o1. The van der Waals surface area contributed by atoms with Gasteiger partial charge in [-0.3, -0.25) is 4.99 Å². The van der Waals surface area contributed by atoms with E-state index >= 15 is 0 Å². The number of halogens is 2. The summed E-state index contributed by atoms with van der Waals surface area (Å²) in [6.45, 7) is 0. The number of hydrogen-bond donors (Lipinski definition) is 0. The number of benzene rings is 3. The van der Waals surface area contributed by atoms with Crippen LogP contribution < -0.4 is 0 Å². The molecule has 1 heterocycles. The van der Waals surface area contributed by atoms with E-state index in [1.807, 2.05) is 42.5 Å². The molecule has 27 heavy (non-hydrogen) atoms. The summed E-state index contributed by atoms with van der Waals surface area (Å²) < 4.78 is 19.6. The Bertz CT molecular complexity index is 1160. The maximum Gasteiger partial charge on any atom is 0.230 e. The number of fused-ring (bicyclic) bond motifs is 1. The number of allylic oxidation sites excluding steroid dienone is 1. The van der Waals surface area contributed by atoms with Crippen molar-refractivity contribution in [1.82, 2.24) is 4.98 Å². The van der Waals surface area contributed by atoms with Crippen LogP contribution in [-0.2, 0) is 0 Å². The Kier molecular flexibility index (Phi) is 4.81. The summed E-state index contributed by atoms with van der Waals surface area (Å²) in [4.78, 5) is 8.77. The standard InChI is InChI=1S/C22H14ClFN2O/c23-18-9-3-1-6-15(18)7-5-13-25-16-11-12-21-20(14-16)26-22(27-21)17-8-2-4-10-19(17)24/h1-14H. The van der Waals surface area contributed by atoms with Crippen LogP contribution in [-0.4, -0.2) is 11.2 Å². The monoisotopic (exact) mass is 376 g/mol. The number of nitrogens with zero attached hydrogens (tertiary/aromatic N) is 2. The molecule has 0 radical (unpaired) electrons. The van der Waals surface area contributed by atoms with Gasteiger partial charge in [0.15, 0.2) is 5.58 Å². The number of oxazole rings is 1. The van der Waals surface area contributed by atoms with Crippen LogP contribution in [0, 0.1) is 5.82 Å². The molecule has 3 nitrogen and oxygen atoms in total. The van der Waals surface area contributed by atoms with Gasteiger partial charge in [0.2, 0.25) is 5.89 Å². The second-order valence-electron chi connectivity index (χ2n) is 5.81. The molecule has 1 aromatic heterocycles. The molecule has 0 aliphatic rings. The largest absolute Gasteiger partial charge is 0.436 e. The molecule has 3 aromatic carbocycles. The van der Waals surface area contributed by atoms with Crippen molar-refractivity contribution in [2.45, 2.75) is 0 Å². The Balaban J connectivity index is 1.57. The van der Waals surface area contributed by atoms with E-state index in [0.29, 0.717) is 21.7 Å². The van der Waals surface area contributed by atoms with E-state index < -0.39 is 0 Å². The van der Waals surface area contributed by atoms with E-state index in [-0.39, 0.29) is 11.7 Å². The molecule has 4 aromatic rings. The fourth-order valence-corrected chi connectivity index (χ4v) is 2.83. The van der Waals surface area contributed by atoms with Crippen molar-refractivity contribution in [3.63, 3.8) is 0 Å². The minimum atomic E-state index is -0.369. The van der Waals surface area contributed by atoms with Crippen molar-refractivity contribution in [3.8, 4) is 11.5 Å². The van der Waals surface area contributed by atoms with Gasteiger partial charge >= 0.3 is 0 Å². The van der Waals surface area contributed by atoms with Gasteiger partial charge in [-0.05, 0) is 48.0 Å². The predicted molar refractivity (Wildman–Crippen MR) is 108 cm³/mol. The van der Waals surface area contributed by atoms with Crippen LogP contribution in [0.2, 0.25) is 5.02 Å². The van der Waals surface area contributed by atoms with Crippen LogP contribution in [0.5, 0.6) is 0 Å². The lowest BCUT2D eigenvalue weighted by atomic mass is 10.2. The molecule has 0 N–H and O–H groups in total. The Hall–Kier alpha value is -3.24. The maximum absolute atomic E-state index is 13.9. The van der Waals surface area contributed by atoms with Gasteiger partial charge in [0.25, 0.3) is 0 Å². The molecule has 0 fully saturated rings. The smallest absolute Gasteiger partial charge is 0.230 e. The first-order valence-corrected chi connectivity index (χ1v) is 8.69. The lowest BCUT2D eigenvalue weighted by Gasteiger charge is -1.95. The highest BCUT2D eigenvalue weighted by Gasteiger charge is 2.12. The van der Waals surface area contributed by atoms with Crippen molar-refractivity contribution in [2.24, 2.45) is 4.99 Å². The molecular formula is C22H14ClFN2O. The molecule has 0 atom stereocenters.